The molecule has 0 radical (unpaired) electrons. The number of hydrogen-bond donors (Lipinski definition) is 2. The van der Waals surface area contributed by atoms with E-state index >= 15 is 0 Å². The second kappa shape index (κ2) is 5.20. The smallest absolute Gasteiger partial charge is 0.253 e. The van der Waals surface area contributed by atoms with E-state index in [-0.39, 0.29) is 12.5 Å². The number of aromatic nitrogens is 4. The molecule has 3 rings (SSSR count). The molecule has 7 heteroatoms. The van der Waals surface area contributed by atoms with E-state index in [1.807, 2.05) is 24.3 Å². The van der Waals surface area contributed by atoms with Crippen LogP contribution in [0.15, 0.2) is 36.8 Å². The van der Waals surface area contributed by atoms with Gasteiger partial charge in [-0.3, -0.25) is 9.48 Å². The lowest BCUT2D eigenvalue weighted by Gasteiger charge is -2.08. The first-order valence-electron chi connectivity index (χ1n) is 6.41. The van der Waals surface area contributed by atoms with E-state index in [4.69, 9.17) is 5.73 Å². The summed E-state index contributed by atoms with van der Waals surface area (Å²) < 4.78 is 1.58. The van der Waals surface area contributed by atoms with E-state index in [1.54, 1.807) is 18.1 Å². The highest BCUT2D eigenvalue weighted by Gasteiger charge is 2.12. The van der Waals surface area contributed by atoms with Crippen molar-refractivity contribution in [3.63, 3.8) is 0 Å². The Morgan fingerprint density at radius 1 is 1.29 bits per heavy atom. The van der Waals surface area contributed by atoms with Crippen LogP contribution in [0.2, 0.25) is 0 Å². The number of rotatable bonds is 3. The highest BCUT2D eigenvalue weighted by molar-refractivity contribution is 6.08. The van der Waals surface area contributed by atoms with Crippen molar-refractivity contribution in [2.45, 2.75) is 6.54 Å². The number of carbonyl (C=O) groups excluding carboxylic acids is 1. The molecule has 106 valence electrons. The van der Waals surface area contributed by atoms with Crippen LogP contribution in [-0.4, -0.2) is 25.7 Å². The molecule has 0 bridgehead atoms. The van der Waals surface area contributed by atoms with Gasteiger partial charge in [-0.05, 0) is 5.39 Å². The van der Waals surface area contributed by atoms with Crippen molar-refractivity contribution < 1.29 is 4.79 Å². The molecule has 0 saturated carbocycles. The van der Waals surface area contributed by atoms with Gasteiger partial charge in [-0.25, -0.2) is 9.97 Å². The average Bonchev–Trinajstić information content (AvgIpc) is 2.91. The summed E-state index contributed by atoms with van der Waals surface area (Å²) in [7, 11) is 1.77. The Hall–Kier alpha value is -2.96. The van der Waals surface area contributed by atoms with Crippen molar-refractivity contribution in [3.05, 3.63) is 48.2 Å². The van der Waals surface area contributed by atoms with E-state index in [2.05, 4.69) is 20.4 Å². The van der Waals surface area contributed by atoms with Crippen LogP contribution in [0.3, 0.4) is 0 Å². The summed E-state index contributed by atoms with van der Waals surface area (Å²) in [6.07, 6.45) is 3.07. The lowest BCUT2D eigenvalue weighted by Crippen LogP contribution is -2.24. The summed E-state index contributed by atoms with van der Waals surface area (Å²) in [5, 5.41) is 8.43. The third kappa shape index (κ3) is 2.53. The maximum atomic E-state index is 12.3. The standard InChI is InChI=1S/C14H14N6O/c1-20-8-18-12(19-20)7-17-14(21)11-6-16-13(15)10-5-3-2-4-9(10)11/h2-6,8H,7H2,1H3,(H2,15,16)(H,17,21). The number of aryl methyl sites for hydroxylation is 1. The van der Waals surface area contributed by atoms with Crippen LogP contribution in [0.4, 0.5) is 5.82 Å². The van der Waals surface area contributed by atoms with E-state index in [0.29, 0.717) is 17.2 Å². The molecule has 0 spiro atoms. The zero-order valence-electron chi connectivity index (χ0n) is 11.4. The van der Waals surface area contributed by atoms with Crippen LogP contribution in [0.5, 0.6) is 0 Å². The van der Waals surface area contributed by atoms with E-state index < -0.39 is 0 Å². The summed E-state index contributed by atoms with van der Waals surface area (Å²) >= 11 is 0. The quantitative estimate of drug-likeness (QED) is 0.743. The third-order valence-electron chi connectivity index (χ3n) is 3.12. The van der Waals surface area contributed by atoms with Gasteiger partial charge in [-0.2, -0.15) is 5.10 Å². The number of carbonyl (C=O) groups is 1. The summed E-state index contributed by atoms with van der Waals surface area (Å²) in [5.41, 5.74) is 6.31. The zero-order chi connectivity index (χ0) is 14.8. The number of nitrogen functional groups attached to an aromatic ring is 1. The van der Waals surface area contributed by atoms with Crippen molar-refractivity contribution >= 4 is 22.5 Å². The number of amides is 1. The van der Waals surface area contributed by atoms with Crippen molar-refractivity contribution in [1.29, 1.82) is 0 Å². The SMILES string of the molecule is Cn1cnc(CNC(=O)c2cnc(N)c3ccccc23)n1. The molecule has 1 amide bonds. The first-order valence-corrected chi connectivity index (χ1v) is 6.41. The van der Waals surface area contributed by atoms with Crippen LogP contribution < -0.4 is 11.1 Å². The van der Waals surface area contributed by atoms with Gasteiger partial charge < -0.3 is 11.1 Å². The van der Waals surface area contributed by atoms with Crippen LogP contribution in [0, 0.1) is 0 Å². The Balaban J connectivity index is 1.86. The summed E-state index contributed by atoms with van der Waals surface area (Å²) in [6.45, 7) is 0.262. The lowest BCUT2D eigenvalue weighted by atomic mass is 10.1. The average molecular weight is 282 g/mol. The van der Waals surface area contributed by atoms with Gasteiger partial charge in [0.25, 0.3) is 5.91 Å². The molecular weight excluding hydrogens is 268 g/mol. The van der Waals surface area contributed by atoms with Gasteiger partial charge in [0.2, 0.25) is 0 Å². The van der Waals surface area contributed by atoms with Gasteiger partial charge in [-0.1, -0.05) is 24.3 Å². The number of anilines is 1. The second-order valence-electron chi connectivity index (χ2n) is 4.62. The molecule has 7 nitrogen and oxygen atoms in total. The van der Waals surface area contributed by atoms with Crippen molar-refractivity contribution in [2.24, 2.45) is 7.05 Å². The maximum Gasteiger partial charge on any atom is 0.253 e. The number of pyridine rings is 1. The first kappa shape index (κ1) is 13.0. The number of benzene rings is 1. The molecule has 3 N–H and O–H groups in total. The molecule has 2 heterocycles. The van der Waals surface area contributed by atoms with E-state index in [9.17, 15) is 4.79 Å². The molecule has 0 aliphatic rings. The van der Waals surface area contributed by atoms with Crippen LogP contribution in [0.1, 0.15) is 16.2 Å². The highest BCUT2D eigenvalue weighted by atomic mass is 16.1. The highest BCUT2D eigenvalue weighted by Crippen LogP contribution is 2.22. The van der Waals surface area contributed by atoms with Crippen molar-refractivity contribution in [3.8, 4) is 0 Å². The molecule has 0 aliphatic carbocycles. The number of nitrogens with zero attached hydrogens (tertiary/aromatic N) is 4. The first-order chi connectivity index (χ1) is 10.1. The fourth-order valence-corrected chi connectivity index (χ4v) is 2.11. The van der Waals surface area contributed by atoms with Gasteiger partial charge in [-0.15, -0.1) is 0 Å². The largest absolute Gasteiger partial charge is 0.383 e. The van der Waals surface area contributed by atoms with Crippen LogP contribution >= 0.6 is 0 Å². The topological polar surface area (TPSA) is 98.7 Å². The zero-order valence-corrected chi connectivity index (χ0v) is 11.4. The van der Waals surface area contributed by atoms with Crippen molar-refractivity contribution in [1.82, 2.24) is 25.1 Å². The summed E-state index contributed by atoms with van der Waals surface area (Å²) in [4.78, 5) is 20.4. The predicted octanol–water partition coefficient (Wildman–Crippen LogP) is 0.875. The lowest BCUT2D eigenvalue weighted by molar-refractivity contribution is 0.0951. The monoisotopic (exact) mass is 282 g/mol. The second-order valence-corrected chi connectivity index (χ2v) is 4.62. The molecule has 0 aliphatic heterocycles. The maximum absolute atomic E-state index is 12.3. The fourth-order valence-electron chi connectivity index (χ4n) is 2.11. The van der Waals surface area contributed by atoms with Crippen LogP contribution in [-0.2, 0) is 13.6 Å². The van der Waals surface area contributed by atoms with Crippen molar-refractivity contribution in [2.75, 3.05) is 5.73 Å². The summed E-state index contributed by atoms with van der Waals surface area (Å²) in [6, 6.07) is 7.41. The van der Waals surface area contributed by atoms with Gasteiger partial charge in [0, 0.05) is 18.6 Å². The number of nitrogens with one attached hydrogen (secondary N) is 1. The van der Waals surface area contributed by atoms with Gasteiger partial charge in [0.1, 0.15) is 12.1 Å². The van der Waals surface area contributed by atoms with Gasteiger partial charge in [0.05, 0.1) is 12.1 Å². The fraction of sp³-hybridized carbons (Fsp3) is 0.143. The Labute approximate surface area is 120 Å². The van der Waals surface area contributed by atoms with E-state index in [1.165, 1.54) is 6.20 Å². The molecule has 0 fully saturated rings. The molecule has 2 aromatic heterocycles. The Kier molecular flexibility index (Phi) is 3.23. The summed E-state index contributed by atoms with van der Waals surface area (Å²) in [5.74, 6) is 0.734. The molecule has 3 aromatic rings. The minimum atomic E-state index is -0.230. The number of fused-ring (bicyclic) bond motifs is 1. The van der Waals surface area contributed by atoms with Gasteiger partial charge >= 0.3 is 0 Å². The number of nitrogens with two attached hydrogens (primary N) is 1. The van der Waals surface area contributed by atoms with E-state index in [0.717, 1.165) is 10.8 Å². The Bertz CT molecular complexity index is 810. The molecule has 0 saturated heterocycles. The molecule has 0 atom stereocenters. The normalized spacial score (nSPS) is 10.7. The third-order valence-corrected chi connectivity index (χ3v) is 3.12. The minimum Gasteiger partial charge on any atom is -0.383 e. The number of hydrogen-bond acceptors (Lipinski definition) is 5. The molecule has 21 heavy (non-hydrogen) atoms. The molecule has 1 aromatic carbocycles. The molecule has 0 unspecified atom stereocenters. The predicted molar refractivity (Wildman–Crippen MR) is 78.3 cm³/mol. The van der Waals surface area contributed by atoms with Crippen LogP contribution in [0.25, 0.3) is 10.8 Å². The Morgan fingerprint density at radius 2 is 2.05 bits per heavy atom. The molecular formula is C14H14N6O. The van der Waals surface area contributed by atoms with Gasteiger partial charge in [0.15, 0.2) is 5.82 Å². The minimum absolute atomic E-state index is 0.230. The Morgan fingerprint density at radius 3 is 2.76 bits per heavy atom.